The maximum absolute atomic E-state index is 12.1. The molecule has 0 spiro atoms. The molecule has 1 saturated carbocycles. The summed E-state index contributed by atoms with van der Waals surface area (Å²) >= 11 is 0. The normalized spacial score (nSPS) is 18.9. The van der Waals surface area contributed by atoms with Crippen molar-refractivity contribution in [3.63, 3.8) is 0 Å². The minimum absolute atomic E-state index is 0.0687. The summed E-state index contributed by atoms with van der Waals surface area (Å²) in [7, 11) is 0. The maximum Gasteiger partial charge on any atom is 0.228 e. The van der Waals surface area contributed by atoms with Gasteiger partial charge in [0.1, 0.15) is 0 Å². The number of benzene rings is 1. The average molecular weight is 271 g/mol. The van der Waals surface area contributed by atoms with Crippen molar-refractivity contribution in [1.29, 1.82) is 0 Å². The number of aliphatic hydroxyl groups is 1. The van der Waals surface area contributed by atoms with E-state index in [1.165, 1.54) is 0 Å². The Hall–Kier alpha value is -1.79. The van der Waals surface area contributed by atoms with Crippen LogP contribution in [-0.4, -0.2) is 17.6 Å². The van der Waals surface area contributed by atoms with Gasteiger partial charge in [-0.25, -0.2) is 0 Å². The molecule has 1 aliphatic carbocycles. The number of aryl methyl sites for hydroxylation is 1. The first-order valence-electron chi connectivity index (χ1n) is 6.95. The van der Waals surface area contributed by atoms with E-state index in [1.54, 1.807) is 0 Å². The fraction of sp³-hybridized carbons (Fsp3) is 0.471. The third kappa shape index (κ3) is 3.40. The number of rotatable bonds is 3. The monoisotopic (exact) mass is 271 g/mol. The minimum Gasteiger partial charge on any atom is -0.395 e. The smallest absolute Gasteiger partial charge is 0.228 e. The van der Waals surface area contributed by atoms with Crippen LogP contribution in [0.15, 0.2) is 18.2 Å². The Morgan fingerprint density at radius 1 is 1.50 bits per heavy atom. The van der Waals surface area contributed by atoms with E-state index in [9.17, 15) is 4.79 Å². The van der Waals surface area contributed by atoms with E-state index < -0.39 is 0 Å². The van der Waals surface area contributed by atoms with E-state index in [1.807, 2.05) is 25.1 Å². The Bertz CT molecular complexity index is 578. The summed E-state index contributed by atoms with van der Waals surface area (Å²) in [4.78, 5) is 12.1. The highest BCUT2D eigenvalue weighted by Gasteiger charge is 2.50. The third-order valence-corrected chi connectivity index (χ3v) is 3.79. The van der Waals surface area contributed by atoms with Gasteiger partial charge in [-0.3, -0.25) is 4.79 Å². The van der Waals surface area contributed by atoms with Crippen LogP contribution < -0.4 is 5.32 Å². The van der Waals surface area contributed by atoms with Crippen LogP contribution in [0.1, 0.15) is 37.8 Å². The predicted molar refractivity (Wildman–Crippen MR) is 80.3 cm³/mol. The first-order valence-corrected chi connectivity index (χ1v) is 6.95. The standard InChI is InChI=1S/C17H21NO2/c1-12-7-8-13(6-4-5-9-19)10-15(12)18-16(20)14-11-17(14,2)3/h7-8,10,14,19H,5,9,11H2,1-3H3,(H,18,20). The molecule has 1 aromatic rings. The molecule has 0 radical (unpaired) electrons. The number of carbonyl (C=O) groups excluding carboxylic acids is 1. The second-order valence-corrected chi connectivity index (χ2v) is 6.04. The molecule has 1 aromatic carbocycles. The Balaban J connectivity index is 2.10. The number of anilines is 1. The van der Waals surface area contributed by atoms with Crippen LogP contribution in [0.25, 0.3) is 0 Å². The van der Waals surface area contributed by atoms with Crippen LogP contribution in [0.5, 0.6) is 0 Å². The molecule has 106 valence electrons. The molecule has 0 bridgehead atoms. The molecular weight excluding hydrogens is 250 g/mol. The molecular formula is C17H21NO2. The molecule has 3 heteroatoms. The van der Waals surface area contributed by atoms with E-state index in [0.717, 1.165) is 23.2 Å². The zero-order chi connectivity index (χ0) is 14.8. The molecule has 0 aliphatic heterocycles. The van der Waals surface area contributed by atoms with Crippen LogP contribution in [-0.2, 0) is 4.79 Å². The van der Waals surface area contributed by atoms with Crippen molar-refractivity contribution in [2.45, 2.75) is 33.6 Å². The van der Waals surface area contributed by atoms with Crippen molar-refractivity contribution in [1.82, 2.24) is 0 Å². The molecule has 1 aliphatic rings. The average Bonchev–Trinajstić information content (AvgIpc) is 3.03. The largest absolute Gasteiger partial charge is 0.395 e. The molecule has 0 aromatic heterocycles. The van der Waals surface area contributed by atoms with Gasteiger partial charge in [0.2, 0.25) is 5.91 Å². The Morgan fingerprint density at radius 2 is 2.20 bits per heavy atom. The second-order valence-electron chi connectivity index (χ2n) is 6.04. The zero-order valence-corrected chi connectivity index (χ0v) is 12.3. The third-order valence-electron chi connectivity index (χ3n) is 3.79. The molecule has 1 fully saturated rings. The van der Waals surface area contributed by atoms with Crippen LogP contribution in [0.4, 0.5) is 5.69 Å². The van der Waals surface area contributed by atoms with E-state index in [2.05, 4.69) is 31.0 Å². The first kappa shape index (κ1) is 14.6. The lowest BCUT2D eigenvalue weighted by atomic mass is 10.1. The number of nitrogens with one attached hydrogen (secondary N) is 1. The predicted octanol–water partition coefficient (Wildman–Crippen LogP) is 2.71. The molecule has 1 amide bonds. The van der Waals surface area contributed by atoms with Gasteiger partial charge >= 0.3 is 0 Å². The summed E-state index contributed by atoms with van der Waals surface area (Å²) in [6.45, 7) is 6.26. The minimum atomic E-state index is 0.0687. The topological polar surface area (TPSA) is 49.3 Å². The highest BCUT2D eigenvalue weighted by Crippen LogP contribution is 2.52. The number of carbonyl (C=O) groups is 1. The fourth-order valence-electron chi connectivity index (χ4n) is 2.19. The number of amides is 1. The Morgan fingerprint density at radius 3 is 2.80 bits per heavy atom. The highest BCUT2D eigenvalue weighted by molar-refractivity contribution is 5.95. The number of aliphatic hydroxyl groups excluding tert-OH is 1. The molecule has 0 saturated heterocycles. The Kier molecular flexibility index (Phi) is 4.15. The van der Waals surface area contributed by atoms with Gasteiger partial charge < -0.3 is 10.4 Å². The number of hydrogen-bond acceptors (Lipinski definition) is 2. The quantitative estimate of drug-likeness (QED) is 0.830. The van der Waals surface area contributed by atoms with E-state index >= 15 is 0 Å². The lowest BCUT2D eigenvalue weighted by Crippen LogP contribution is -2.17. The van der Waals surface area contributed by atoms with Gasteiger partial charge in [0.25, 0.3) is 0 Å². The summed E-state index contributed by atoms with van der Waals surface area (Å²) in [5.41, 5.74) is 2.85. The van der Waals surface area contributed by atoms with E-state index in [0.29, 0.717) is 6.42 Å². The van der Waals surface area contributed by atoms with Gasteiger partial charge in [-0.1, -0.05) is 31.8 Å². The highest BCUT2D eigenvalue weighted by atomic mass is 16.2. The SMILES string of the molecule is Cc1ccc(C#CCCO)cc1NC(=O)C1CC1(C)C. The van der Waals surface area contributed by atoms with Gasteiger partial charge in [0.05, 0.1) is 6.61 Å². The maximum atomic E-state index is 12.1. The van der Waals surface area contributed by atoms with Gasteiger partial charge in [-0.2, -0.15) is 0 Å². The van der Waals surface area contributed by atoms with Crippen molar-refractivity contribution >= 4 is 11.6 Å². The van der Waals surface area contributed by atoms with E-state index in [4.69, 9.17) is 5.11 Å². The lowest BCUT2D eigenvalue weighted by Gasteiger charge is -2.10. The fourth-order valence-corrected chi connectivity index (χ4v) is 2.19. The van der Waals surface area contributed by atoms with E-state index in [-0.39, 0.29) is 23.8 Å². The van der Waals surface area contributed by atoms with Crippen molar-refractivity contribution in [3.8, 4) is 11.8 Å². The molecule has 1 atom stereocenters. The molecule has 2 rings (SSSR count). The van der Waals surface area contributed by atoms with Crippen LogP contribution >= 0.6 is 0 Å². The van der Waals surface area contributed by atoms with Crippen LogP contribution in [0, 0.1) is 30.1 Å². The van der Waals surface area contributed by atoms with Crippen LogP contribution in [0.2, 0.25) is 0 Å². The van der Waals surface area contributed by atoms with Gasteiger partial charge in [-0.05, 0) is 36.5 Å². The van der Waals surface area contributed by atoms with Crippen molar-refractivity contribution < 1.29 is 9.90 Å². The van der Waals surface area contributed by atoms with Crippen LogP contribution in [0.3, 0.4) is 0 Å². The summed E-state index contributed by atoms with van der Waals surface area (Å²) in [6.07, 6.45) is 1.42. The van der Waals surface area contributed by atoms with Crippen molar-refractivity contribution in [2.75, 3.05) is 11.9 Å². The lowest BCUT2D eigenvalue weighted by molar-refractivity contribution is -0.118. The molecule has 0 heterocycles. The summed E-state index contributed by atoms with van der Waals surface area (Å²) in [6, 6.07) is 5.78. The summed E-state index contributed by atoms with van der Waals surface area (Å²) in [5, 5.41) is 11.7. The first-order chi connectivity index (χ1) is 9.44. The Labute approximate surface area is 120 Å². The molecule has 3 nitrogen and oxygen atoms in total. The summed E-state index contributed by atoms with van der Waals surface area (Å²) in [5.74, 6) is 6.09. The van der Waals surface area contributed by atoms with Gasteiger partial charge in [0, 0.05) is 23.6 Å². The number of hydrogen-bond donors (Lipinski definition) is 2. The molecule has 20 heavy (non-hydrogen) atoms. The van der Waals surface area contributed by atoms with Gasteiger partial charge in [-0.15, -0.1) is 0 Å². The van der Waals surface area contributed by atoms with Crippen molar-refractivity contribution in [3.05, 3.63) is 29.3 Å². The zero-order valence-electron chi connectivity index (χ0n) is 12.3. The molecule has 2 N–H and O–H groups in total. The van der Waals surface area contributed by atoms with Gasteiger partial charge in [0.15, 0.2) is 0 Å². The van der Waals surface area contributed by atoms with Crippen molar-refractivity contribution in [2.24, 2.45) is 11.3 Å². The second kappa shape index (κ2) is 5.68. The summed E-state index contributed by atoms with van der Waals surface area (Å²) < 4.78 is 0. The molecule has 1 unspecified atom stereocenters.